The van der Waals surface area contributed by atoms with Gasteiger partial charge in [-0.2, -0.15) is 0 Å². The fourth-order valence-corrected chi connectivity index (χ4v) is 10.7. The van der Waals surface area contributed by atoms with Crippen molar-refractivity contribution in [3.63, 3.8) is 0 Å². The van der Waals surface area contributed by atoms with Crippen molar-refractivity contribution in [2.45, 2.75) is 151 Å². The summed E-state index contributed by atoms with van der Waals surface area (Å²) in [4.78, 5) is 74.3. The van der Waals surface area contributed by atoms with Crippen LogP contribution in [0.3, 0.4) is 0 Å². The fourth-order valence-electron chi connectivity index (χ4n) is 10.2. The van der Waals surface area contributed by atoms with Crippen molar-refractivity contribution >= 4 is 57.6 Å². The monoisotopic (exact) mass is 1480 g/mol. The number of benzene rings is 6. The molecule has 0 aliphatic carbocycles. The number of nitrogens with one attached hydrogen (secondary N) is 2. The number of aliphatic hydroxyl groups is 1. The van der Waals surface area contributed by atoms with Crippen LogP contribution >= 0.6 is 15.9 Å². The summed E-state index contributed by atoms with van der Waals surface area (Å²) >= 11 is 3.27. The van der Waals surface area contributed by atoms with E-state index in [-0.39, 0.29) is 105 Å². The molecule has 0 spiro atoms. The summed E-state index contributed by atoms with van der Waals surface area (Å²) < 4.78 is 30.6. The van der Waals surface area contributed by atoms with E-state index < -0.39 is 11.9 Å². The number of methoxy groups -OCH3 is 6. The average Bonchev–Trinajstić information content (AvgIpc) is 0.826. The molecule has 18 nitrogen and oxygen atoms in total. The predicted octanol–water partition coefficient (Wildman–Crippen LogP) is 14.1. The number of carbonyl (C=O) groups excluding carboxylic acids is 6. The maximum absolute atomic E-state index is 12.4. The van der Waals surface area contributed by atoms with Crippen molar-refractivity contribution in [2.75, 3.05) is 49.2 Å². The molecule has 0 radical (unpaired) electrons. The Bertz CT molecular complexity index is 3380. The molecule has 0 bridgehead atoms. The second-order valence-electron chi connectivity index (χ2n) is 23.4. The van der Waals surface area contributed by atoms with Crippen LogP contribution in [-0.2, 0) is 55.6 Å². The molecule has 20 heteroatoms. The number of hydrogen-bond acceptors (Lipinski definition) is 15. The van der Waals surface area contributed by atoms with E-state index in [9.17, 15) is 39.0 Å². The van der Waals surface area contributed by atoms with Crippen LogP contribution in [-0.4, -0.2) is 141 Å². The summed E-state index contributed by atoms with van der Waals surface area (Å²) in [6.07, 6.45) is 5.66. The van der Waals surface area contributed by atoms with Crippen LogP contribution in [0.5, 0.6) is 23.0 Å². The van der Waals surface area contributed by atoms with Crippen molar-refractivity contribution in [1.29, 1.82) is 0 Å². The fraction of sp³-hybridized carbons (Fsp3) is 0.395. The molecular formula is C76H101BrN4O14Pd. The minimum atomic E-state index is -0.431. The number of esters is 3. The molecule has 96 heavy (non-hydrogen) atoms. The minimum absolute atomic E-state index is 0. The SMILES string of the molecule is C=CC(=O)N(C(C)C)C(C)C.CC(C)NCCC(c1ccccc1)c1cc(CO)ccc1O.COC(=O)c1ccc(OC)c(/C=C/C(=O)N(C(C)C)C(C)C)c1.COC(=O)c1ccc(OC)c(Br)c1.COC(=O)c1ccc(OC)c(C(CC(=O)NC(C)C)c2ccccc2)c1.[Pd]. The topological polar surface area (TPSA) is 229 Å². The zero-order valence-electron chi connectivity index (χ0n) is 59.0. The predicted molar refractivity (Wildman–Crippen MR) is 380 cm³/mol. The number of phenols is 1. The van der Waals surface area contributed by atoms with E-state index in [1.54, 1.807) is 104 Å². The van der Waals surface area contributed by atoms with Crippen LogP contribution in [0, 0.1) is 0 Å². The molecule has 2 unspecified atom stereocenters. The normalized spacial score (nSPS) is 11.2. The molecule has 0 aliphatic rings. The Balaban J connectivity index is 0.000000617. The van der Waals surface area contributed by atoms with Gasteiger partial charge in [-0.25, -0.2) is 14.4 Å². The second kappa shape index (κ2) is 45.3. The van der Waals surface area contributed by atoms with Gasteiger partial charge in [0, 0.05) is 97.7 Å². The summed E-state index contributed by atoms with van der Waals surface area (Å²) in [5, 5.41) is 26.0. The van der Waals surface area contributed by atoms with Crippen molar-refractivity contribution in [2.24, 2.45) is 0 Å². The first-order valence-corrected chi connectivity index (χ1v) is 32.3. The van der Waals surface area contributed by atoms with Gasteiger partial charge in [0.15, 0.2) is 0 Å². The summed E-state index contributed by atoms with van der Waals surface area (Å²) in [6, 6.07) is 41.6. The number of nitrogens with zero attached hydrogens (tertiary/aromatic N) is 2. The number of hydrogen-bond donors (Lipinski definition) is 4. The number of halogens is 1. The molecule has 0 saturated heterocycles. The molecule has 0 fully saturated rings. The first-order chi connectivity index (χ1) is 45.1. The van der Waals surface area contributed by atoms with Gasteiger partial charge in [0.2, 0.25) is 17.7 Å². The van der Waals surface area contributed by atoms with Crippen molar-refractivity contribution in [3.8, 4) is 23.0 Å². The first-order valence-electron chi connectivity index (χ1n) is 31.5. The Kier molecular flexibility index (Phi) is 40.6. The van der Waals surface area contributed by atoms with Crippen molar-refractivity contribution in [3.05, 3.63) is 207 Å². The van der Waals surface area contributed by atoms with Gasteiger partial charge in [0.05, 0.1) is 70.4 Å². The number of phenolic OH excluding ortho intramolecular Hbond substituents is 1. The van der Waals surface area contributed by atoms with Gasteiger partial charge in [0.25, 0.3) is 0 Å². The number of amides is 3. The molecule has 0 saturated carbocycles. The molecule has 6 aromatic rings. The van der Waals surface area contributed by atoms with Gasteiger partial charge < -0.3 is 59.1 Å². The number of carbonyl (C=O) groups is 6. The third kappa shape index (κ3) is 28.7. The van der Waals surface area contributed by atoms with Crippen LogP contribution in [0.2, 0.25) is 0 Å². The molecule has 0 aromatic heterocycles. The molecule has 6 rings (SSSR count). The van der Waals surface area contributed by atoms with E-state index in [0.717, 1.165) is 39.7 Å². The maximum atomic E-state index is 12.4. The van der Waals surface area contributed by atoms with E-state index >= 15 is 0 Å². The van der Waals surface area contributed by atoms with Crippen molar-refractivity contribution < 1.29 is 87.8 Å². The number of ether oxygens (including phenoxy) is 6. The first kappa shape index (κ1) is 85.9. The van der Waals surface area contributed by atoms with E-state index in [1.807, 2.05) is 124 Å². The zero-order chi connectivity index (χ0) is 71.5. The molecule has 3 amide bonds. The van der Waals surface area contributed by atoms with Gasteiger partial charge in [-0.15, -0.1) is 0 Å². The van der Waals surface area contributed by atoms with Gasteiger partial charge >= 0.3 is 17.9 Å². The number of aliphatic hydroxyl groups excluding tert-OH is 1. The van der Waals surface area contributed by atoms with E-state index in [0.29, 0.717) is 45.5 Å². The van der Waals surface area contributed by atoms with Crippen LogP contribution in [0.1, 0.15) is 172 Å². The van der Waals surface area contributed by atoms with E-state index in [4.69, 9.17) is 23.7 Å². The largest absolute Gasteiger partial charge is 0.508 e. The standard InChI is InChI=1S/C21H25NO4.C19H25NO2.C18H25NO4.C9H9BrO3.C9H17NO.Pd/c1-14(2)22-20(23)13-17(15-8-6-5-7-9-15)18-12-16(21(24)26-4)10-11-19(18)25-3;1-14(2)20-11-10-17(16-6-4-3-5-7-16)18-12-15(13-21)8-9-19(18)22;1-12(2)19(13(3)4)17(20)10-8-14-11-15(18(21)23-6)7-9-16(14)22-5;1-12-8-4-3-6(5-7(8)10)9(11)13-2;1-6-9(11)10(7(2)3)8(4)5;/h5-12,14,17H,13H2,1-4H3,(H,22,23);3-9,12,14,17,20-22H,10-11,13H2,1-2H3;7-13H,1-6H3;3-5H,1-2H3;6-8H,1H2,2-5H3;/b;;10-8+;;;. The van der Waals surface area contributed by atoms with Crippen molar-refractivity contribution in [1.82, 2.24) is 20.4 Å². The number of rotatable bonds is 25. The Morgan fingerprint density at radius 3 is 1.40 bits per heavy atom. The smallest absolute Gasteiger partial charge is 0.337 e. The third-order valence-corrected chi connectivity index (χ3v) is 15.1. The summed E-state index contributed by atoms with van der Waals surface area (Å²) in [5.41, 5.74) is 6.62. The third-order valence-electron chi connectivity index (χ3n) is 14.4. The second-order valence-corrected chi connectivity index (χ2v) is 24.3. The van der Waals surface area contributed by atoms with Crippen LogP contribution in [0.25, 0.3) is 6.08 Å². The zero-order valence-corrected chi connectivity index (χ0v) is 62.1. The summed E-state index contributed by atoms with van der Waals surface area (Å²) in [7, 11) is 8.71. The quantitative estimate of drug-likeness (QED) is 0.0181. The molecule has 526 valence electrons. The Hall–Kier alpha value is -8.12. The summed E-state index contributed by atoms with van der Waals surface area (Å²) in [5.74, 6) is 0.716. The van der Waals surface area contributed by atoms with E-state index in [1.165, 1.54) is 39.0 Å². The molecule has 4 N–H and O–H groups in total. The maximum Gasteiger partial charge on any atom is 0.337 e. The summed E-state index contributed by atoms with van der Waals surface area (Å²) in [6.45, 7) is 28.3. The molecular weight excluding hydrogens is 1380 g/mol. The molecule has 0 aliphatic heterocycles. The molecule has 6 aromatic carbocycles. The average molecular weight is 1480 g/mol. The minimum Gasteiger partial charge on any atom is -0.508 e. The van der Waals surface area contributed by atoms with Gasteiger partial charge in [0.1, 0.15) is 23.0 Å². The Labute approximate surface area is 591 Å². The number of aromatic hydroxyl groups is 1. The molecule has 0 heterocycles. The van der Waals surface area contributed by atoms with Crippen LogP contribution in [0.15, 0.2) is 157 Å². The van der Waals surface area contributed by atoms with Crippen LogP contribution < -0.4 is 24.8 Å². The Morgan fingerprint density at radius 1 is 0.531 bits per heavy atom. The Morgan fingerprint density at radius 2 is 0.979 bits per heavy atom. The van der Waals surface area contributed by atoms with Gasteiger partial charge in [-0.05, 0) is 194 Å². The van der Waals surface area contributed by atoms with Crippen LogP contribution in [0.4, 0.5) is 0 Å². The van der Waals surface area contributed by atoms with E-state index in [2.05, 4.69) is 63.9 Å². The van der Waals surface area contributed by atoms with Gasteiger partial charge in [-0.1, -0.05) is 87.2 Å². The van der Waals surface area contributed by atoms with Gasteiger partial charge in [-0.3, -0.25) is 14.4 Å². The molecule has 2 atom stereocenters.